The Morgan fingerprint density at radius 1 is 1.06 bits per heavy atom. The molecule has 0 aliphatic carbocycles. The summed E-state index contributed by atoms with van der Waals surface area (Å²) >= 11 is 0. The summed E-state index contributed by atoms with van der Waals surface area (Å²) in [4.78, 5) is 31.0. The van der Waals surface area contributed by atoms with Crippen LogP contribution >= 0.6 is 0 Å². The highest BCUT2D eigenvalue weighted by atomic mass is 16.5. The molecule has 1 aliphatic heterocycles. The number of ether oxygens (including phenoxy) is 3. The first kappa shape index (κ1) is 20.8. The van der Waals surface area contributed by atoms with Gasteiger partial charge in [-0.3, -0.25) is 14.7 Å². The largest absolute Gasteiger partial charge is 0.493 e. The van der Waals surface area contributed by atoms with Gasteiger partial charge in [-0.15, -0.1) is 0 Å². The minimum absolute atomic E-state index is 0.116. The fraction of sp³-hybridized carbons (Fsp3) is 0.364. The van der Waals surface area contributed by atoms with Crippen LogP contribution in [0.2, 0.25) is 0 Å². The lowest BCUT2D eigenvalue weighted by Gasteiger charge is -2.28. The maximum absolute atomic E-state index is 12.6. The number of methoxy groups -OCH3 is 3. The lowest BCUT2D eigenvalue weighted by Crippen LogP contribution is -2.35. The Kier molecular flexibility index (Phi) is 5.85. The van der Waals surface area contributed by atoms with Gasteiger partial charge in [-0.2, -0.15) is 0 Å². The predicted molar refractivity (Wildman–Crippen MR) is 115 cm³/mol. The van der Waals surface area contributed by atoms with Gasteiger partial charge in [0.05, 0.1) is 38.9 Å². The zero-order chi connectivity index (χ0) is 22.0. The zero-order valence-corrected chi connectivity index (χ0v) is 18.1. The molecule has 0 spiro atoms. The molecule has 1 aromatic carbocycles. The topological polar surface area (TPSA) is 102 Å². The molecule has 2 aromatic heterocycles. The van der Waals surface area contributed by atoms with Crippen LogP contribution < -0.4 is 19.8 Å². The summed E-state index contributed by atoms with van der Waals surface area (Å²) in [6.45, 7) is 3.82. The maximum Gasteiger partial charge on any atom is 0.254 e. The molecule has 9 nitrogen and oxygen atoms in total. The summed E-state index contributed by atoms with van der Waals surface area (Å²) in [5.41, 5.74) is 3.75. The fourth-order valence-corrected chi connectivity index (χ4v) is 3.75. The smallest absolute Gasteiger partial charge is 0.254 e. The van der Waals surface area contributed by atoms with Crippen LogP contribution in [0.4, 0.5) is 0 Å². The van der Waals surface area contributed by atoms with E-state index in [0.717, 1.165) is 29.1 Å². The van der Waals surface area contributed by atoms with Crippen molar-refractivity contribution in [2.75, 3.05) is 27.9 Å². The number of aryl methyl sites for hydroxylation is 1. The molecule has 0 unspecified atom stereocenters. The van der Waals surface area contributed by atoms with Crippen LogP contribution in [-0.2, 0) is 19.5 Å². The number of aromatic nitrogens is 4. The monoisotopic (exact) mass is 423 g/mol. The Morgan fingerprint density at radius 3 is 2.42 bits per heavy atom. The second-order valence-electron chi connectivity index (χ2n) is 7.38. The van der Waals surface area contributed by atoms with Crippen LogP contribution in [-0.4, -0.2) is 52.7 Å². The highest BCUT2D eigenvalue weighted by molar-refractivity contribution is 5.54. The second kappa shape index (κ2) is 8.73. The van der Waals surface area contributed by atoms with E-state index in [0.29, 0.717) is 48.3 Å². The van der Waals surface area contributed by atoms with Gasteiger partial charge in [-0.05, 0) is 31.0 Å². The van der Waals surface area contributed by atoms with E-state index in [9.17, 15) is 4.79 Å². The van der Waals surface area contributed by atoms with E-state index < -0.39 is 0 Å². The van der Waals surface area contributed by atoms with Gasteiger partial charge in [0, 0.05) is 31.4 Å². The van der Waals surface area contributed by atoms with Gasteiger partial charge in [0.15, 0.2) is 17.3 Å². The van der Waals surface area contributed by atoms with Crippen LogP contribution in [0.25, 0.3) is 11.5 Å². The normalized spacial score (nSPS) is 13.5. The lowest BCUT2D eigenvalue weighted by atomic mass is 10.0. The Labute approximate surface area is 180 Å². The molecule has 162 valence electrons. The molecule has 0 saturated heterocycles. The van der Waals surface area contributed by atoms with Crippen LogP contribution in [0.15, 0.2) is 29.3 Å². The van der Waals surface area contributed by atoms with Crippen molar-refractivity contribution in [3.8, 4) is 28.8 Å². The standard InChI is InChI=1S/C22H25N5O4/c1-13-9-24-16(10-23-13)21-25-17-12-27(6-5-15(17)22(28)26-21)11-14-7-18(29-2)20(31-4)19(8-14)30-3/h7-10H,5-6,11-12H2,1-4H3,(H,25,26,28). The highest BCUT2D eigenvalue weighted by Gasteiger charge is 2.23. The van der Waals surface area contributed by atoms with E-state index in [4.69, 9.17) is 19.2 Å². The summed E-state index contributed by atoms with van der Waals surface area (Å²) in [6.07, 6.45) is 3.91. The Morgan fingerprint density at radius 2 is 1.81 bits per heavy atom. The fourth-order valence-electron chi connectivity index (χ4n) is 3.75. The van der Waals surface area contributed by atoms with E-state index in [1.165, 1.54) is 0 Å². The van der Waals surface area contributed by atoms with Gasteiger partial charge < -0.3 is 19.2 Å². The molecule has 0 atom stereocenters. The zero-order valence-electron chi connectivity index (χ0n) is 18.1. The molecule has 0 saturated carbocycles. The first-order chi connectivity index (χ1) is 15.0. The van der Waals surface area contributed by atoms with Gasteiger partial charge in [0.1, 0.15) is 5.69 Å². The van der Waals surface area contributed by atoms with Gasteiger partial charge >= 0.3 is 0 Å². The summed E-state index contributed by atoms with van der Waals surface area (Å²) < 4.78 is 16.3. The van der Waals surface area contributed by atoms with Gasteiger partial charge in [-0.25, -0.2) is 9.97 Å². The molecule has 1 aliphatic rings. The minimum Gasteiger partial charge on any atom is -0.493 e. The molecule has 0 fully saturated rings. The Balaban J connectivity index is 1.60. The van der Waals surface area contributed by atoms with E-state index in [-0.39, 0.29) is 5.56 Å². The van der Waals surface area contributed by atoms with Crippen molar-refractivity contribution >= 4 is 0 Å². The average molecular weight is 423 g/mol. The predicted octanol–water partition coefficient (Wildman–Crippen LogP) is 2.12. The third kappa shape index (κ3) is 4.22. The first-order valence-electron chi connectivity index (χ1n) is 9.94. The summed E-state index contributed by atoms with van der Waals surface area (Å²) in [6, 6.07) is 3.88. The summed E-state index contributed by atoms with van der Waals surface area (Å²) in [5, 5.41) is 0. The molecule has 4 rings (SSSR count). The van der Waals surface area contributed by atoms with Crippen LogP contribution in [0, 0.1) is 6.92 Å². The molecule has 0 bridgehead atoms. The van der Waals surface area contributed by atoms with Crippen molar-refractivity contribution in [3.05, 3.63) is 57.4 Å². The Hall–Kier alpha value is -3.46. The van der Waals surface area contributed by atoms with E-state index in [2.05, 4.69) is 19.9 Å². The van der Waals surface area contributed by atoms with Crippen LogP contribution in [0.5, 0.6) is 17.2 Å². The molecule has 0 radical (unpaired) electrons. The van der Waals surface area contributed by atoms with Crippen molar-refractivity contribution in [3.63, 3.8) is 0 Å². The third-order valence-corrected chi connectivity index (χ3v) is 5.31. The average Bonchev–Trinajstić information content (AvgIpc) is 2.78. The molecular formula is C22H25N5O4. The number of nitrogens with one attached hydrogen (secondary N) is 1. The lowest BCUT2D eigenvalue weighted by molar-refractivity contribution is 0.239. The van der Waals surface area contributed by atoms with E-state index in [1.807, 2.05) is 19.1 Å². The van der Waals surface area contributed by atoms with Gasteiger partial charge in [0.25, 0.3) is 5.56 Å². The number of hydrogen-bond donors (Lipinski definition) is 1. The molecular weight excluding hydrogens is 398 g/mol. The highest BCUT2D eigenvalue weighted by Crippen LogP contribution is 2.38. The van der Waals surface area contributed by atoms with E-state index in [1.54, 1.807) is 33.7 Å². The molecule has 3 aromatic rings. The molecule has 1 N–H and O–H groups in total. The van der Waals surface area contributed by atoms with Crippen LogP contribution in [0.3, 0.4) is 0 Å². The number of H-pyrrole nitrogens is 1. The number of fused-ring (bicyclic) bond motifs is 1. The molecule has 31 heavy (non-hydrogen) atoms. The molecule has 3 heterocycles. The SMILES string of the molecule is COc1cc(CN2CCc3c(nc(-c4cnc(C)cn4)[nH]c3=O)C2)cc(OC)c1OC. The minimum atomic E-state index is -0.116. The maximum atomic E-state index is 12.6. The molecule has 9 heteroatoms. The van der Waals surface area contributed by atoms with Crippen molar-refractivity contribution in [2.45, 2.75) is 26.4 Å². The number of aromatic amines is 1. The van der Waals surface area contributed by atoms with Crippen molar-refractivity contribution < 1.29 is 14.2 Å². The van der Waals surface area contributed by atoms with Crippen LogP contribution in [0.1, 0.15) is 22.5 Å². The van der Waals surface area contributed by atoms with Crippen molar-refractivity contribution in [1.29, 1.82) is 0 Å². The number of hydrogen-bond acceptors (Lipinski definition) is 8. The van der Waals surface area contributed by atoms with Crippen molar-refractivity contribution in [1.82, 2.24) is 24.8 Å². The quantitative estimate of drug-likeness (QED) is 0.643. The first-order valence-corrected chi connectivity index (χ1v) is 9.94. The molecule has 0 amide bonds. The van der Waals surface area contributed by atoms with Gasteiger partial charge in [-0.1, -0.05) is 0 Å². The van der Waals surface area contributed by atoms with Crippen molar-refractivity contribution in [2.24, 2.45) is 0 Å². The number of rotatable bonds is 6. The third-order valence-electron chi connectivity index (χ3n) is 5.31. The summed E-state index contributed by atoms with van der Waals surface area (Å²) in [7, 11) is 4.79. The Bertz CT molecular complexity index is 1120. The second-order valence-corrected chi connectivity index (χ2v) is 7.38. The summed E-state index contributed by atoms with van der Waals surface area (Å²) in [5.74, 6) is 2.23. The number of benzene rings is 1. The van der Waals surface area contributed by atoms with Gasteiger partial charge in [0.2, 0.25) is 5.75 Å². The number of nitrogens with zero attached hydrogens (tertiary/aromatic N) is 4. The van der Waals surface area contributed by atoms with E-state index >= 15 is 0 Å².